The van der Waals surface area contributed by atoms with Crippen LogP contribution in [0.4, 0.5) is 14.5 Å². The zero-order chi connectivity index (χ0) is 9.30. The lowest BCUT2D eigenvalue weighted by atomic mass is 10.3. The molecular weight excluding hydrogens is 234 g/mol. The summed E-state index contributed by atoms with van der Waals surface area (Å²) in [4.78, 5) is 12.8. The van der Waals surface area contributed by atoms with Gasteiger partial charge in [-0.3, -0.25) is 4.79 Å². The molecule has 0 fully saturated rings. The van der Waals surface area contributed by atoms with Gasteiger partial charge in [-0.25, -0.2) is 8.78 Å². The van der Waals surface area contributed by atoms with Crippen molar-refractivity contribution >= 4 is 21.6 Å². The van der Waals surface area contributed by atoms with Gasteiger partial charge >= 0.3 is 0 Å². The van der Waals surface area contributed by atoms with Crippen LogP contribution >= 0.6 is 15.9 Å². The van der Waals surface area contributed by atoms with E-state index in [-0.39, 0.29) is 10.2 Å². The fourth-order valence-corrected chi connectivity index (χ4v) is 1.10. The van der Waals surface area contributed by atoms with Gasteiger partial charge < -0.3 is 10.7 Å². The topological polar surface area (TPSA) is 58.9 Å². The van der Waals surface area contributed by atoms with Crippen LogP contribution in [0.15, 0.2) is 15.3 Å². The van der Waals surface area contributed by atoms with Gasteiger partial charge in [-0.15, -0.1) is 0 Å². The minimum atomic E-state index is -2.70. The maximum atomic E-state index is 12.0. The third kappa shape index (κ3) is 1.63. The Balaban J connectivity index is 3.31. The molecule has 1 rings (SSSR count). The maximum Gasteiger partial charge on any atom is 0.278 e. The summed E-state index contributed by atoms with van der Waals surface area (Å²) in [5.74, 6) is 0. The minimum absolute atomic E-state index is 0.0978. The first-order valence-corrected chi connectivity index (χ1v) is 3.78. The first-order valence-electron chi connectivity index (χ1n) is 2.98. The van der Waals surface area contributed by atoms with Crippen molar-refractivity contribution in [2.75, 3.05) is 5.73 Å². The molecule has 66 valence electrons. The Kier molecular flexibility index (Phi) is 2.46. The SMILES string of the molecule is Nc1c(Br)cc(C(F)F)[nH]c1=O. The smallest absolute Gasteiger partial charge is 0.278 e. The molecule has 0 unspecified atom stereocenters. The van der Waals surface area contributed by atoms with Crippen LogP contribution in [0.2, 0.25) is 0 Å². The highest BCUT2D eigenvalue weighted by Crippen LogP contribution is 2.21. The molecule has 6 heteroatoms. The maximum absolute atomic E-state index is 12.0. The molecule has 1 heterocycles. The van der Waals surface area contributed by atoms with Gasteiger partial charge in [0.15, 0.2) is 0 Å². The molecule has 0 aliphatic rings. The normalized spacial score (nSPS) is 10.7. The van der Waals surface area contributed by atoms with Gasteiger partial charge in [0.25, 0.3) is 12.0 Å². The molecule has 1 aromatic rings. The number of nitrogen functional groups attached to an aromatic ring is 1. The number of hydrogen-bond donors (Lipinski definition) is 2. The lowest BCUT2D eigenvalue weighted by molar-refractivity contribution is 0.146. The second-order valence-corrected chi connectivity index (χ2v) is 2.97. The summed E-state index contributed by atoms with van der Waals surface area (Å²) in [5.41, 5.74) is 3.97. The number of anilines is 1. The summed E-state index contributed by atoms with van der Waals surface area (Å²) in [6.45, 7) is 0. The van der Waals surface area contributed by atoms with Crippen molar-refractivity contribution in [1.29, 1.82) is 0 Å². The van der Waals surface area contributed by atoms with Gasteiger partial charge in [0.05, 0.1) is 5.69 Å². The molecule has 0 aliphatic heterocycles. The fourth-order valence-electron chi connectivity index (χ4n) is 0.675. The number of rotatable bonds is 1. The number of aromatic nitrogens is 1. The predicted molar refractivity (Wildman–Crippen MR) is 44.1 cm³/mol. The van der Waals surface area contributed by atoms with E-state index in [4.69, 9.17) is 5.73 Å². The van der Waals surface area contributed by atoms with Gasteiger partial charge in [-0.05, 0) is 22.0 Å². The molecule has 0 aliphatic carbocycles. The highest BCUT2D eigenvalue weighted by molar-refractivity contribution is 9.10. The van der Waals surface area contributed by atoms with Gasteiger partial charge in [-0.1, -0.05) is 0 Å². The monoisotopic (exact) mass is 238 g/mol. The van der Waals surface area contributed by atoms with E-state index >= 15 is 0 Å². The van der Waals surface area contributed by atoms with E-state index < -0.39 is 17.7 Å². The number of nitrogens with one attached hydrogen (secondary N) is 1. The Bertz CT molecular complexity index is 350. The van der Waals surface area contributed by atoms with Crippen molar-refractivity contribution in [1.82, 2.24) is 4.98 Å². The standard InChI is InChI=1S/C6H5BrF2N2O/c7-2-1-3(5(8)9)11-6(12)4(2)10/h1,5H,10H2,(H,11,12). The summed E-state index contributed by atoms with van der Waals surface area (Å²) in [5, 5.41) is 0. The number of aromatic amines is 1. The molecule has 3 nitrogen and oxygen atoms in total. The molecule has 12 heavy (non-hydrogen) atoms. The van der Waals surface area contributed by atoms with Crippen LogP contribution in [0.3, 0.4) is 0 Å². The third-order valence-electron chi connectivity index (χ3n) is 1.28. The van der Waals surface area contributed by atoms with E-state index in [0.29, 0.717) is 0 Å². The van der Waals surface area contributed by atoms with Crippen LogP contribution in [0.25, 0.3) is 0 Å². The molecule has 0 atom stereocenters. The average Bonchev–Trinajstić information content (AvgIpc) is 1.99. The molecule has 0 saturated carbocycles. The quantitative estimate of drug-likeness (QED) is 0.782. The minimum Gasteiger partial charge on any atom is -0.393 e. The molecule has 0 radical (unpaired) electrons. The second kappa shape index (κ2) is 3.22. The average molecular weight is 239 g/mol. The molecule has 0 aromatic carbocycles. The van der Waals surface area contributed by atoms with Gasteiger partial charge in [0, 0.05) is 4.47 Å². The number of hydrogen-bond acceptors (Lipinski definition) is 2. The molecule has 1 aromatic heterocycles. The predicted octanol–water partition coefficient (Wildman–Crippen LogP) is 1.66. The zero-order valence-electron chi connectivity index (χ0n) is 5.77. The molecular formula is C6H5BrF2N2O. The molecule has 0 amide bonds. The van der Waals surface area contributed by atoms with Crippen LogP contribution in [0.1, 0.15) is 12.1 Å². The number of pyridine rings is 1. The van der Waals surface area contributed by atoms with E-state index in [1.165, 1.54) is 0 Å². The zero-order valence-corrected chi connectivity index (χ0v) is 7.36. The Hall–Kier alpha value is -0.910. The van der Waals surface area contributed by atoms with E-state index in [2.05, 4.69) is 15.9 Å². The summed E-state index contributed by atoms with van der Waals surface area (Å²) in [6, 6.07) is 1.08. The highest BCUT2D eigenvalue weighted by atomic mass is 79.9. The van der Waals surface area contributed by atoms with Crippen molar-refractivity contribution in [3.8, 4) is 0 Å². The molecule has 3 N–H and O–H groups in total. The van der Waals surface area contributed by atoms with Crippen LogP contribution < -0.4 is 11.3 Å². The van der Waals surface area contributed by atoms with E-state index in [1.54, 1.807) is 0 Å². The van der Waals surface area contributed by atoms with Crippen molar-refractivity contribution < 1.29 is 8.78 Å². The lowest BCUT2D eigenvalue weighted by Gasteiger charge is -2.01. The number of H-pyrrole nitrogens is 1. The number of alkyl halides is 2. The summed E-state index contributed by atoms with van der Waals surface area (Å²) >= 11 is 2.89. The summed E-state index contributed by atoms with van der Waals surface area (Å²) < 4.78 is 24.2. The first-order chi connectivity index (χ1) is 5.52. The van der Waals surface area contributed by atoms with E-state index in [0.717, 1.165) is 6.07 Å². The molecule has 0 bridgehead atoms. The van der Waals surface area contributed by atoms with Gasteiger partial charge in [0.2, 0.25) is 0 Å². The van der Waals surface area contributed by atoms with Crippen LogP contribution in [0, 0.1) is 0 Å². The van der Waals surface area contributed by atoms with E-state index in [9.17, 15) is 13.6 Å². The number of halogens is 3. The largest absolute Gasteiger partial charge is 0.393 e. The van der Waals surface area contributed by atoms with E-state index in [1.807, 2.05) is 4.98 Å². The Morgan fingerprint density at radius 2 is 2.17 bits per heavy atom. The lowest BCUT2D eigenvalue weighted by Crippen LogP contribution is -2.14. The summed E-state index contributed by atoms with van der Waals surface area (Å²) in [7, 11) is 0. The first kappa shape index (κ1) is 9.18. The fraction of sp³-hybridized carbons (Fsp3) is 0.167. The van der Waals surface area contributed by atoms with Crippen molar-refractivity contribution in [2.45, 2.75) is 6.43 Å². The van der Waals surface area contributed by atoms with Gasteiger partial charge in [0.1, 0.15) is 5.69 Å². The highest BCUT2D eigenvalue weighted by Gasteiger charge is 2.11. The molecule has 0 spiro atoms. The Labute approximate surface area is 74.7 Å². The van der Waals surface area contributed by atoms with Crippen molar-refractivity contribution in [2.24, 2.45) is 0 Å². The van der Waals surface area contributed by atoms with Crippen molar-refractivity contribution in [3.05, 3.63) is 26.6 Å². The van der Waals surface area contributed by atoms with Crippen molar-refractivity contribution in [3.63, 3.8) is 0 Å². The summed E-state index contributed by atoms with van der Waals surface area (Å²) in [6.07, 6.45) is -2.70. The van der Waals surface area contributed by atoms with Crippen LogP contribution in [0.5, 0.6) is 0 Å². The Morgan fingerprint density at radius 3 is 2.58 bits per heavy atom. The van der Waals surface area contributed by atoms with Crippen LogP contribution in [-0.4, -0.2) is 4.98 Å². The van der Waals surface area contributed by atoms with Crippen LogP contribution in [-0.2, 0) is 0 Å². The second-order valence-electron chi connectivity index (χ2n) is 2.12. The third-order valence-corrected chi connectivity index (χ3v) is 1.93. The molecule has 0 saturated heterocycles. The Morgan fingerprint density at radius 1 is 1.58 bits per heavy atom. The number of nitrogens with two attached hydrogens (primary N) is 1. The van der Waals surface area contributed by atoms with Gasteiger partial charge in [-0.2, -0.15) is 0 Å².